The Morgan fingerprint density at radius 1 is 1.05 bits per heavy atom. The first-order chi connectivity index (χ1) is 10.8. The summed E-state index contributed by atoms with van der Waals surface area (Å²) in [7, 11) is 0. The lowest BCUT2D eigenvalue weighted by Gasteiger charge is -2.01. The lowest BCUT2D eigenvalue weighted by atomic mass is 10.2. The summed E-state index contributed by atoms with van der Waals surface area (Å²) in [6.07, 6.45) is 3.53. The highest BCUT2D eigenvalue weighted by Crippen LogP contribution is 2.16. The molecular formula is C18H13FO3. The quantitative estimate of drug-likeness (QED) is 0.721. The lowest BCUT2D eigenvalue weighted by molar-refractivity contribution is 0.192. The zero-order valence-corrected chi connectivity index (χ0v) is 11.7. The number of hydrogen-bond acceptors (Lipinski definition) is 3. The minimum atomic E-state index is -0.850. The Morgan fingerprint density at radius 3 is 2.59 bits per heavy atom. The van der Waals surface area contributed by atoms with Crippen molar-refractivity contribution in [3.8, 4) is 5.75 Å². The molecule has 1 aromatic heterocycles. The Hall–Kier alpha value is -2.88. The van der Waals surface area contributed by atoms with Crippen molar-refractivity contribution in [2.45, 2.75) is 0 Å². The van der Waals surface area contributed by atoms with Crippen molar-refractivity contribution in [1.29, 1.82) is 0 Å². The molecule has 0 atom stereocenters. The summed E-state index contributed by atoms with van der Waals surface area (Å²) in [5.41, 5.74) is 1.37. The summed E-state index contributed by atoms with van der Waals surface area (Å²) in [5.74, 6) is 0.949. The van der Waals surface area contributed by atoms with Crippen LogP contribution in [0, 0.1) is 0 Å². The molecule has 0 aliphatic heterocycles. The van der Waals surface area contributed by atoms with E-state index in [-0.39, 0.29) is 5.43 Å². The van der Waals surface area contributed by atoms with Gasteiger partial charge in [-0.05, 0) is 35.9 Å². The molecule has 0 spiro atoms. The molecule has 2 aromatic carbocycles. The van der Waals surface area contributed by atoms with Gasteiger partial charge in [-0.2, -0.15) is 0 Å². The first-order valence-corrected chi connectivity index (χ1v) is 6.76. The molecule has 3 nitrogen and oxygen atoms in total. The van der Waals surface area contributed by atoms with Crippen molar-refractivity contribution in [3.63, 3.8) is 0 Å². The van der Waals surface area contributed by atoms with Crippen molar-refractivity contribution in [3.05, 3.63) is 76.1 Å². The second-order valence-corrected chi connectivity index (χ2v) is 4.66. The minimum absolute atomic E-state index is 0.0757. The number of rotatable bonds is 4. The normalized spacial score (nSPS) is 11.1. The lowest BCUT2D eigenvalue weighted by Crippen LogP contribution is -1.99. The van der Waals surface area contributed by atoms with Crippen LogP contribution in [0.2, 0.25) is 0 Å². The predicted molar refractivity (Wildman–Crippen MR) is 84.5 cm³/mol. The third-order valence-electron chi connectivity index (χ3n) is 3.20. The second-order valence-electron chi connectivity index (χ2n) is 4.66. The van der Waals surface area contributed by atoms with Gasteiger partial charge in [-0.25, -0.2) is 4.39 Å². The maximum atomic E-state index is 12.0. The molecule has 0 aliphatic carbocycles. The third-order valence-corrected chi connectivity index (χ3v) is 3.20. The maximum Gasteiger partial charge on any atom is 0.228 e. The first kappa shape index (κ1) is 14.1. The Labute approximate surface area is 126 Å². The van der Waals surface area contributed by atoms with E-state index in [2.05, 4.69) is 0 Å². The maximum absolute atomic E-state index is 12.0. The van der Waals surface area contributed by atoms with Gasteiger partial charge >= 0.3 is 0 Å². The van der Waals surface area contributed by atoms with Gasteiger partial charge in [-0.1, -0.05) is 30.3 Å². The zero-order valence-electron chi connectivity index (χ0n) is 11.7. The van der Waals surface area contributed by atoms with Crippen LogP contribution in [0.1, 0.15) is 11.3 Å². The van der Waals surface area contributed by atoms with Gasteiger partial charge in [0.2, 0.25) is 6.86 Å². The van der Waals surface area contributed by atoms with E-state index in [0.717, 1.165) is 5.56 Å². The van der Waals surface area contributed by atoms with Crippen molar-refractivity contribution in [1.82, 2.24) is 0 Å². The Bertz CT molecular complexity index is 863. The van der Waals surface area contributed by atoms with Gasteiger partial charge < -0.3 is 9.15 Å². The Kier molecular flexibility index (Phi) is 4.01. The fraction of sp³-hybridized carbons (Fsp3) is 0.0556. The van der Waals surface area contributed by atoms with E-state index in [0.29, 0.717) is 22.5 Å². The fourth-order valence-corrected chi connectivity index (χ4v) is 2.12. The smallest absolute Gasteiger partial charge is 0.228 e. The van der Waals surface area contributed by atoms with Gasteiger partial charge in [0.1, 0.15) is 17.1 Å². The molecule has 22 heavy (non-hydrogen) atoms. The van der Waals surface area contributed by atoms with Crippen LogP contribution >= 0.6 is 0 Å². The van der Waals surface area contributed by atoms with Crippen molar-refractivity contribution < 1.29 is 13.5 Å². The first-order valence-electron chi connectivity index (χ1n) is 6.76. The standard InChI is InChI=1S/C18H13FO3/c19-12-21-14-8-5-13(6-9-14)7-10-15-11-17(20)16-3-1-2-4-18(16)22-15/h1-11H,12H2/b10-7+. The number of para-hydroxylation sites is 1. The highest BCUT2D eigenvalue weighted by Gasteiger charge is 2.01. The van der Waals surface area contributed by atoms with E-state index >= 15 is 0 Å². The van der Waals surface area contributed by atoms with Crippen LogP contribution < -0.4 is 10.2 Å². The van der Waals surface area contributed by atoms with E-state index in [1.54, 1.807) is 48.5 Å². The number of fused-ring (bicyclic) bond motifs is 1. The molecule has 0 amide bonds. The molecule has 0 fully saturated rings. The van der Waals surface area contributed by atoms with E-state index in [1.165, 1.54) is 6.07 Å². The summed E-state index contributed by atoms with van der Waals surface area (Å²) in [6, 6.07) is 15.5. The number of ether oxygens (including phenoxy) is 1. The van der Waals surface area contributed by atoms with Gasteiger partial charge in [0.25, 0.3) is 0 Å². The molecule has 0 N–H and O–H groups in total. The van der Waals surface area contributed by atoms with Gasteiger partial charge in [-0.15, -0.1) is 0 Å². The molecular weight excluding hydrogens is 283 g/mol. The van der Waals surface area contributed by atoms with Crippen molar-refractivity contribution >= 4 is 23.1 Å². The molecule has 0 aliphatic rings. The van der Waals surface area contributed by atoms with Gasteiger partial charge in [0.05, 0.1) is 5.39 Å². The van der Waals surface area contributed by atoms with Crippen molar-refractivity contribution in [2.24, 2.45) is 0 Å². The highest BCUT2D eigenvalue weighted by atomic mass is 19.1. The van der Waals surface area contributed by atoms with Crippen LogP contribution in [0.3, 0.4) is 0 Å². The molecule has 0 saturated carbocycles. The third kappa shape index (κ3) is 3.06. The van der Waals surface area contributed by atoms with Crippen LogP contribution in [0.25, 0.3) is 23.1 Å². The monoisotopic (exact) mass is 296 g/mol. The number of alkyl halides is 1. The molecule has 3 aromatic rings. The van der Waals surface area contributed by atoms with E-state index in [1.807, 2.05) is 12.1 Å². The Morgan fingerprint density at radius 2 is 1.82 bits per heavy atom. The van der Waals surface area contributed by atoms with Crippen LogP contribution in [0.5, 0.6) is 5.75 Å². The average Bonchev–Trinajstić information content (AvgIpc) is 2.55. The SMILES string of the molecule is O=c1cc(/C=C/c2ccc(OCF)cc2)oc2ccccc12. The van der Waals surface area contributed by atoms with Crippen LogP contribution in [0.4, 0.5) is 4.39 Å². The molecule has 0 bridgehead atoms. The number of halogens is 1. The van der Waals surface area contributed by atoms with E-state index < -0.39 is 6.86 Å². The summed E-state index contributed by atoms with van der Waals surface area (Å²) in [4.78, 5) is 12.0. The van der Waals surface area contributed by atoms with E-state index in [4.69, 9.17) is 9.15 Å². The average molecular weight is 296 g/mol. The van der Waals surface area contributed by atoms with Crippen LogP contribution in [0.15, 0.2) is 63.8 Å². The molecule has 1 heterocycles. The molecule has 0 unspecified atom stereocenters. The van der Waals surface area contributed by atoms with Gasteiger partial charge in [0.15, 0.2) is 5.43 Å². The summed E-state index contributed by atoms with van der Waals surface area (Å²) < 4.78 is 22.4. The number of hydrogen-bond donors (Lipinski definition) is 0. The van der Waals surface area contributed by atoms with Crippen LogP contribution in [-0.4, -0.2) is 6.86 Å². The summed E-state index contributed by atoms with van der Waals surface area (Å²) in [5, 5.41) is 0.562. The molecule has 0 saturated heterocycles. The molecule has 3 rings (SSSR count). The zero-order chi connectivity index (χ0) is 15.4. The topological polar surface area (TPSA) is 39.4 Å². The predicted octanol–water partition coefficient (Wildman–Crippen LogP) is 4.27. The van der Waals surface area contributed by atoms with Gasteiger partial charge in [-0.3, -0.25) is 4.79 Å². The molecule has 0 radical (unpaired) electrons. The van der Waals surface area contributed by atoms with Gasteiger partial charge in [0, 0.05) is 6.07 Å². The summed E-state index contributed by atoms with van der Waals surface area (Å²) in [6.45, 7) is -0.850. The largest absolute Gasteiger partial charge is 0.463 e. The second kappa shape index (κ2) is 6.26. The fourth-order valence-electron chi connectivity index (χ4n) is 2.12. The number of benzene rings is 2. The highest BCUT2D eigenvalue weighted by molar-refractivity contribution is 5.78. The molecule has 110 valence electrons. The summed E-state index contributed by atoms with van der Waals surface area (Å²) >= 11 is 0. The molecule has 4 heteroatoms. The minimum Gasteiger partial charge on any atom is -0.463 e. The van der Waals surface area contributed by atoms with Crippen molar-refractivity contribution in [2.75, 3.05) is 6.86 Å². The van der Waals surface area contributed by atoms with Crippen LogP contribution in [-0.2, 0) is 0 Å². The Balaban J connectivity index is 1.87. The van der Waals surface area contributed by atoms with E-state index in [9.17, 15) is 9.18 Å².